The van der Waals surface area contributed by atoms with Crippen molar-refractivity contribution in [3.8, 4) is 0 Å². The molecule has 0 atom stereocenters. The molecule has 0 amide bonds. The van der Waals surface area contributed by atoms with Crippen molar-refractivity contribution in [1.82, 2.24) is 0 Å². The molecule has 1 heterocycles. The van der Waals surface area contributed by atoms with Crippen molar-refractivity contribution in [1.29, 1.82) is 0 Å². The van der Waals surface area contributed by atoms with Gasteiger partial charge in [0.25, 0.3) is 0 Å². The number of rotatable bonds is 1. The van der Waals surface area contributed by atoms with Crippen molar-refractivity contribution < 1.29 is 0 Å². The number of hydrogen-bond acceptors (Lipinski definition) is 3. The quantitative estimate of drug-likeness (QED) is 0.777. The van der Waals surface area contributed by atoms with Crippen molar-refractivity contribution in [2.24, 2.45) is 0 Å². The summed E-state index contributed by atoms with van der Waals surface area (Å²) in [6, 6.07) is 16.6. The van der Waals surface area contributed by atoms with Crippen LogP contribution in [0.2, 0.25) is 0 Å². The second-order valence-corrected chi connectivity index (χ2v) is 4.65. The van der Waals surface area contributed by atoms with Crippen molar-refractivity contribution in [3.63, 3.8) is 0 Å². The molecular formula is C15H17N3. The van der Waals surface area contributed by atoms with Crippen molar-refractivity contribution in [2.45, 2.75) is 0 Å². The number of nitrogens with two attached hydrogens (primary N) is 1. The van der Waals surface area contributed by atoms with E-state index in [-0.39, 0.29) is 0 Å². The van der Waals surface area contributed by atoms with E-state index in [1.807, 2.05) is 12.1 Å². The van der Waals surface area contributed by atoms with E-state index < -0.39 is 0 Å². The second kappa shape index (κ2) is 4.26. The molecule has 0 unspecified atom stereocenters. The van der Waals surface area contributed by atoms with Crippen LogP contribution in [0.15, 0.2) is 48.5 Å². The lowest BCUT2D eigenvalue weighted by Gasteiger charge is -2.37. The highest BCUT2D eigenvalue weighted by atomic mass is 15.3. The van der Waals surface area contributed by atoms with Crippen LogP contribution in [0.1, 0.15) is 0 Å². The smallest absolute Gasteiger partial charge is 0.0649 e. The molecule has 0 fully saturated rings. The molecule has 2 aromatic carbocycles. The zero-order valence-corrected chi connectivity index (χ0v) is 10.5. The van der Waals surface area contributed by atoms with Gasteiger partial charge in [-0.2, -0.15) is 0 Å². The van der Waals surface area contributed by atoms with Crippen molar-refractivity contribution in [2.75, 3.05) is 35.7 Å². The second-order valence-electron chi connectivity index (χ2n) is 4.65. The van der Waals surface area contributed by atoms with E-state index in [4.69, 9.17) is 5.73 Å². The van der Waals surface area contributed by atoms with Gasteiger partial charge in [0.1, 0.15) is 0 Å². The van der Waals surface area contributed by atoms with Gasteiger partial charge in [0.2, 0.25) is 0 Å². The Kier molecular flexibility index (Phi) is 2.59. The predicted molar refractivity (Wildman–Crippen MR) is 77.6 cm³/mol. The van der Waals surface area contributed by atoms with Crippen LogP contribution in [0.25, 0.3) is 0 Å². The zero-order chi connectivity index (χ0) is 12.5. The lowest BCUT2D eigenvalue weighted by atomic mass is 10.1. The number of fused-ring (bicyclic) bond motifs is 1. The summed E-state index contributed by atoms with van der Waals surface area (Å²) >= 11 is 0. The largest absolute Gasteiger partial charge is 0.399 e. The number of likely N-dealkylation sites (N-methyl/N-ethyl adjacent to an activating group) is 1. The van der Waals surface area contributed by atoms with E-state index in [9.17, 15) is 0 Å². The van der Waals surface area contributed by atoms with Gasteiger partial charge in [-0.05, 0) is 36.4 Å². The van der Waals surface area contributed by atoms with Crippen LogP contribution in [-0.2, 0) is 0 Å². The molecular weight excluding hydrogens is 222 g/mol. The van der Waals surface area contributed by atoms with Gasteiger partial charge in [-0.3, -0.25) is 0 Å². The van der Waals surface area contributed by atoms with Gasteiger partial charge in [0, 0.05) is 31.5 Å². The first-order valence-corrected chi connectivity index (χ1v) is 6.19. The summed E-state index contributed by atoms with van der Waals surface area (Å²) in [7, 11) is 2.14. The van der Waals surface area contributed by atoms with Gasteiger partial charge in [-0.25, -0.2) is 0 Å². The summed E-state index contributed by atoms with van der Waals surface area (Å²) in [4.78, 5) is 4.64. The third kappa shape index (κ3) is 1.78. The molecule has 0 aliphatic carbocycles. The molecule has 0 saturated carbocycles. The fourth-order valence-corrected chi connectivity index (χ4v) is 2.43. The van der Waals surface area contributed by atoms with E-state index in [2.05, 4.69) is 53.2 Å². The first-order valence-electron chi connectivity index (χ1n) is 6.19. The summed E-state index contributed by atoms with van der Waals surface area (Å²) < 4.78 is 0. The van der Waals surface area contributed by atoms with Gasteiger partial charge in [-0.15, -0.1) is 0 Å². The average molecular weight is 239 g/mol. The Morgan fingerprint density at radius 1 is 0.889 bits per heavy atom. The maximum atomic E-state index is 5.75. The SMILES string of the molecule is CN1CCN(c2ccc(N)cc2)c2ccccc21. The molecule has 2 N–H and O–H groups in total. The Hall–Kier alpha value is -2.16. The molecule has 18 heavy (non-hydrogen) atoms. The first kappa shape index (κ1) is 11.0. The molecule has 1 aliphatic rings. The standard InChI is InChI=1S/C15H17N3/c1-17-10-11-18(13-8-6-12(16)7-9-13)15-5-3-2-4-14(15)17/h2-9H,10-11,16H2,1H3. The average Bonchev–Trinajstić information content (AvgIpc) is 2.41. The maximum absolute atomic E-state index is 5.75. The third-order valence-electron chi connectivity index (χ3n) is 3.45. The summed E-state index contributed by atoms with van der Waals surface area (Å²) in [6.07, 6.45) is 0. The van der Waals surface area contributed by atoms with Crippen LogP contribution in [0, 0.1) is 0 Å². The lowest BCUT2D eigenvalue weighted by molar-refractivity contribution is 0.822. The van der Waals surface area contributed by atoms with Crippen LogP contribution >= 0.6 is 0 Å². The van der Waals surface area contributed by atoms with E-state index in [0.717, 1.165) is 18.8 Å². The topological polar surface area (TPSA) is 32.5 Å². The minimum atomic E-state index is 0.807. The van der Waals surface area contributed by atoms with Crippen LogP contribution in [-0.4, -0.2) is 20.1 Å². The van der Waals surface area contributed by atoms with Gasteiger partial charge < -0.3 is 15.5 Å². The molecule has 3 heteroatoms. The number of para-hydroxylation sites is 2. The lowest BCUT2D eigenvalue weighted by Crippen LogP contribution is -2.36. The van der Waals surface area contributed by atoms with Crippen molar-refractivity contribution >= 4 is 22.7 Å². The van der Waals surface area contributed by atoms with Crippen LogP contribution in [0.5, 0.6) is 0 Å². The normalized spacial score (nSPS) is 14.5. The number of benzene rings is 2. The summed E-state index contributed by atoms with van der Waals surface area (Å²) in [6.45, 7) is 2.03. The fourth-order valence-electron chi connectivity index (χ4n) is 2.43. The highest BCUT2D eigenvalue weighted by Gasteiger charge is 2.20. The third-order valence-corrected chi connectivity index (χ3v) is 3.45. The highest BCUT2D eigenvalue weighted by Crippen LogP contribution is 2.36. The van der Waals surface area contributed by atoms with Crippen LogP contribution < -0.4 is 15.5 Å². The molecule has 2 aromatic rings. The first-order chi connectivity index (χ1) is 8.75. The number of anilines is 4. The van der Waals surface area contributed by atoms with Gasteiger partial charge in [-0.1, -0.05) is 12.1 Å². The minimum absolute atomic E-state index is 0.807. The van der Waals surface area contributed by atoms with E-state index in [1.54, 1.807) is 0 Å². The fraction of sp³-hybridized carbons (Fsp3) is 0.200. The van der Waals surface area contributed by atoms with E-state index >= 15 is 0 Å². The Balaban J connectivity index is 2.04. The number of nitrogen functional groups attached to an aromatic ring is 1. The Bertz CT molecular complexity index is 548. The van der Waals surface area contributed by atoms with Crippen LogP contribution in [0.3, 0.4) is 0 Å². The van der Waals surface area contributed by atoms with Gasteiger partial charge >= 0.3 is 0 Å². The molecule has 0 aromatic heterocycles. The number of hydrogen-bond donors (Lipinski definition) is 1. The highest BCUT2D eigenvalue weighted by molar-refractivity contribution is 5.79. The van der Waals surface area contributed by atoms with Crippen LogP contribution in [0.4, 0.5) is 22.7 Å². The molecule has 0 bridgehead atoms. The predicted octanol–water partition coefficient (Wildman–Crippen LogP) is 2.86. The molecule has 92 valence electrons. The summed E-state index contributed by atoms with van der Waals surface area (Å²) in [5.41, 5.74) is 10.3. The van der Waals surface area contributed by atoms with E-state index in [1.165, 1.54) is 17.1 Å². The monoisotopic (exact) mass is 239 g/mol. The summed E-state index contributed by atoms with van der Waals surface area (Å²) in [5.74, 6) is 0. The summed E-state index contributed by atoms with van der Waals surface area (Å²) in [5, 5.41) is 0. The Morgan fingerprint density at radius 2 is 1.56 bits per heavy atom. The molecule has 0 saturated heterocycles. The molecule has 0 radical (unpaired) electrons. The van der Waals surface area contributed by atoms with Gasteiger partial charge in [0.15, 0.2) is 0 Å². The molecule has 3 nitrogen and oxygen atoms in total. The molecule has 3 rings (SSSR count). The molecule has 1 aliphatic heterocycles. The number of nitrogens with zero attached hydrogens (tertiary/aromatic N) is 2. The minimum Gasteiger partial charge on any atom is -0.399 e. The van der Waals surface area contributed by atoms with Gasteiger partial charge in [0.05, 0.1) is 11.4 Å². The molecule has 0 spiro atoms. The van der Waals surface area contributed by atoms with E-state index in [0.29, 0.717) is 0 Å². The maximum Gasteiger partial charge on any atom is 0.0649 e. The van der Waals surface area contributed by atoms with Crippen molar-refractivity contribution in [3.05, 3.63) is 48.5 Å². The Labute approximate surface area is 107 Å². The zero-order valence-electron chi connectivity index (χ0n) is 10.5. The Morgan fingerprint density at radius 3 is 2.28 bits per heavy atom.